The van der Waals surface area contributed by atoms with Crippen LogP contribution in [0.3, 0.4) is 0 Å². The topological polar surface area (TPSA) is 49.4 Å². The van der Waals surface area contributed by atoms with Crippen molar-refractivity contribution in [2.45, 2.75) is 44.6 Å². The highest BCUT2D eigenvalue weighted by Gasteiger charge is 2.21. The number of rotatable bonds is 5. The van der Waals surface area contributed by atoms with Gasteiger partial charge in [-0.15, -0.1) is 11.3 Å². The van der Waals surface area contributed by atoms with Gasteiger partial charge in [0.1, 0.15) is 0 Å². The van der Waals surface area contributed by atoms with Gasteiger partial charge in [0.05, 0.1) is 4.88 Å². The van der Waals surface area contributed by atoms with Crippen molar-refractivity contribution >= 4 is 23.2 Å². The zero-order valence-electron chi connectivity index (χ0n) is 11.9. The second-order valence-corrected chi connectivity index (χ2v) is 6.23. The average Bonchev–Trinajstić information content (AvgIpc) is 3.01. The van der Waals surface area contributed by atoms with E-state index in [1.807, 2.05) is 23.4 Å². The van der Waals surface area contributed by atoms with E-state index in [9.17, 15) is 9.59 Å². The van der Waals surface area contributed by atoms with Crippen molar-refractivity contribution in [2.24, 2.45) is 0 Å². The van der Waals surface area contributed by atoms with Crippen LogP contribution in [0.1, 0.15) is 48.2 Å². The molecule has 1 aromatic rings. The minimum absolute atomic E-state index is 0.0897. The second kappa shape index (κ2) is 7.43. The monoisotopic (exact) mass is 294 g/mol. The number of hydrogen-bond donors (Lipinski definition) is 1. The largest absolute Gasteiger partial charge is 0.351 e. The van der Waals surface area contributed by atoms with Crippen molar-refractivity contribution in [3.8, 4) is 0 Å². The predicted molar refractivity (Wildman–Crippen MR) is 80.9 cm³/mol. The number of amides is 2. The van der Waals surface area contributed by atoms with E-state index in [-0.39, 0.29) is 11.8 Å². The molecule has 1 fully saturated rings. The van der Waals surface area contributed by atoms with Gasteiger partial charge in [-0.05, 0) is 24.3 Å². The van der Waals surface area contributed by atoms with Crippen molar-refractivity contribution < 1.29 is 9.59 Å². The van der Waals surface area contributed by atoms with E-state index >= 15 is 0 Å². The van der Waals surface area contributed by atoms with Crippen LogP contribution in [0.2, 0.25) is 0 Å². The fourth-order valence-corrected chi connectivity index (χ4v) is 3.27. The maximum atomic E-state index is 12.1. The molecule has 1 N–H and O–H groups in total. The molecule has 0 unspecified atom stereocenters. The Balaban J connectivity index is 1.70. The molecule has 20 heavy (non-hydrogen) atoms. The summed E-state index contributed by atoms with van der Waals surface area (Å²) in [6.07, 6.45) is 6.34. The van der Waals surface area contributed by atoms with Crippen LogP contribution in [0, 0.1) is 0 Å². The van der Waals surface area contributed by atoms with Gasteiger partial charge in [-0.3, -0.25) is 9.59 Å². The first-order valence-corrected chi connectivity index (χ1v) is 8.14. The van der Waals surface area contributed by atoms with Gasteiger partial charge in [-0.2, -0.15) is 0 Å². The highest BCUT2D eigenvalue weighted by Crippen LogP contribution is 2.21. The Hall–Kier alpha value is -1.36. The van der Waals surface area contributed by atoms with Gasteiger partial charge in [0.25, 0.3) is 5.91 Å². The van der Waals surface area contributed by atoms with Gasteiger partial charge >= 0.3 is 0 Å². The molecule has 5 heteroatoms. The first-order chi connectivity index (χ1) is 9.68. The van der Waals surface area contributed by atoms with Crippen LogP contribution in [-0.4, -0.2) is 36.3 Å². The van der Waals surface area contributed by atoms with E-state index in [4.69, 9.17) is 0 Å². The molecule has 2 amide bonds. The van der Waals surface area contributed by atoms with Crippen molar-refractivity contribution in [3.05, 3.63) is 22.4 Å². The predicted octanol–water partition coefficient (Wildman–Crippen LogP) is 2.66. The number of thiophene rings is 1. The standard InChI is InChI=1S/C15H22N2O2S/c1-17(12-6-3-2-4-7-12)14(18)9-10-16-15(19)13-8-5-11-20-13/h5,8,11-12H,2-4,6-7,9-10H2,1H3,(H,16,19). The summed E-state index contributed by atoms with van der Waals surface area (Å²) < 4.78 is 0. The summed E-state index contributed by atoms with van der Waals surface area (Å²) in [5.74, 6) is 0.0384. The first kappa shape index (κ1) is 15.0. The summed E-state index contributed by atoms with van der Waals surface area (Å²) >= 11 is 1.41. The summed E-state index contributed by atoms with van der Waals surface area (Å²) in [5, 5.41) is 4.67. The summed E-state index contributed by atoms with van der Waals surface area (Å²) in [6, 6.07) is 4.03. The molecule has 0 bridgehead atoms. The molecule has 0 atom stereocenters. The summed E-state index contributed by atoms with van der Waals surface area (Å²) in [7, 11) is 1.89. The second-order valence-electron chi connectivity index (χ2n) is 5.28. The Labute approximate surface area is 124 Å². The molecule has 1 aromatic heterocycles. The van der Waals surface area contributed by atoms with E-state index in [1.54, 1.807) is 6.07 Å². The summed E-state index contributed by atoms with van der Waals surface area (Å²) in [5.41, 5.74) is 0. The fraction of sp³-hybridized carbons (Fsp3) is 0.600. The molecule has 0 spiro atoms. The third-order valence-electron chi connectivity index (χ3n) is 3.89. The fourth-order valence-electron chi connectivity index (χ4n) is 2.63. The first-order valence-electron chi connectivity index (χ1n) is 7.26. The number of carbonyl (C=O) groups excluding carboxylic acids is 2. The third kappa shape index (κ3) is 4.07. The zero-order valence-corrected chi connectivity index (χ0v) is 12.7. The van der Waals surface area contributed by atoms with Crippen LogP contribution in [0.5, 0.6) is 0 Å². The van der Waals surface area contributed by atoms with E-state index in [0.717, 1.165) is 12.8 Å². The van der Waals surface area contributed by atoms with Crippen LogP contribution in [0.25, 0.3) is 0 Å². The van der Waals surface area contributed by atoms with Crippen molar-refractivity contribution in [3.63, 3.8) is 0 Å². The molecule has 0 saturated heterocycles. The molecule has 0 aliphatic heterocycles. The minimum Gasteiger partial charge on any atom is -0.351 e. The lowest BCUT2D eigenvalue weighted by Gasteiger charge is -2.31. The summed E-state index contributed by atoms with van der Waals surface area (Å²) in [4.78, 5) is 26.4. The lowest BCUT2D eigenvalue weighted by atomic mass is 9.94. The van der Waals surface area contributed by atoms with Gasteiger partial charge in [-0.1, -0.05) is 25.3 Å². The summed E-state index contributed by atoms with van der Waals surface area (Å²) in [6.45, 7) is 0.409. The van der Waals surface area contributed by atoms with Crippen LogP contribution in [0.15, 0.2) is 17.5 Å². The Morgan fingerprint density at radius 3 is 2.75 bits per heavy atom. The molecule has 1 aliphatic carbocycles. The van der Waals surface area contributed by atoms with Crippen molar-refractivity contribution in [1.29, 1.82) is 0 Å². The molecular formula is C15H22N2O2S. The van der Waals surface area contributed by atoms with Crippen molar-refractivity contribution in [1.82, 2.24) is 10.2 Å². The van der Waals surface area contributed by atoms with E-state index in [2.05, 4.69) is 5.32 Å². The number of nitrogens with zero attached hydrogens (tertiary/aromatic N) is 1. The quantitative estimate of drug-likeness (QED) is 0.907. The van der Waals surface area contributed by atoms with E-state index in [1.165, 1.54) is 30.6 Å². The molecule has 0 aromatic carbocycles. The van der Waals surface area contributed by atoms with Gasteiger partial charge in [-0.25, -0.2) is 0 Å². The van der Waals surface area contributed by atoms with Gasteiger partial charge in [0.2, 0.25) is 5.91 Å². The number of nitrogens with one attached hydrogen (secondary N) is 1. The molecule has 0 radical (unpaired) electrons. The Bertz CT molecular complexity index is 439. The highest BCUT2D eigenvalue weighted by molar-refractivity contribution is 7.12. The van der Waals surface area contributed by atoms with E-state index < -0.39 is 0 Å². The van der Waals surface area contributed by atoms with Gasteiger partial charge < -0.3 is 10.2 Å². The lowest BCUT2D eigenvalue weighted by molar-refractivity contribution is -0.132. The Morgan fingerprint density at radius 1 is 1.35 bits per heavy atom. The molecule has 4 nitrogen and oxygen atoms in total. The highest BCUT2D eigenvalue weighted by atomic mass is 32.1. The van der Waals surface area contributed by atoms with Crippen LogP contribution in [0.4, 0.5) is 0 Å². The minimum atomic E-state index is -0.0897. The Morgan fingerprint density at radius 2 is 2.10 bits per heavy atom. The zero-order chi connectivity index (χ0) is 14.4. The molecule has 2 rings (SSSR count). The number of hydrogen-bond acceptors (Lipinski definition) is 3. The van der Waals surface area contributed by atoms with E-state index in [0.29, 0.717) is 23.9 Å². The smallest absolute Gasteiger partial charge is 0.261 e. The molecule has 1 saturated carbocycles. The maximum absolute atomic E-state index is 12.1. The van der Waals surface area contributed by atoms with Crippen LogP contribution < -0.4 is 5.32 Å². The molecule has 1 aliphatic rings. The maximum Gasteiger partial charge on any atom is 0.261 e. The SMILES string of the molecule is CN(C(=O)CCNC(=O)c1cccs1)C1CCCCC1. The van der Waals surface area contributed by atoms with Crippen LogP contribution >= 0.6 is 11.3 Å². The molecular weight excluding hydrogens is 272 g/mol. The van der Waals surface area contributed by atoms with Crippen molar-refractivity contribution in [2.75, 3.05) is 13.6 Å². The normalized spacial score (nSPS) is 15.8. The molecule has 110 valence electrons. The lowest BCUT2D eigenvalue weighted by Crippen LogP contribution is -2.39. The third-order valence-corrected chi connectivity index (χ3v) is 4.75. The number of carbonyl (C=O) groups is 2. The van der Waals surface area contributed by atoms with Crippen LogP contribution in [-0.2, 0) is 4.79 Å². The molecule has 1 heterocycles. The van der Waals surface area contributed by atoms with Gasteiger partial charge in [0, 0.05) is 26.1 Å². The van der Waals surface area contributed by atoms with Gasteiger partial charge in [0.15, 0.2) is 0 Å². The Kier molecular flexibility index (Phi) is 5.59. The average molecular weight is 294 g/mol.